The minimum absolute atomic E-state index is 0.340. The Morgan fingerprint density at radius 3 is 2.68 bits per heavy atom. The number of anilines is 2. The molecular formula is C16H26N4O2. The molecular weight excluding hydrogens is 280 g/mol. The van der Waals surface area contributed by atoms with E-state index < -0.39 is 5.60 Å². The van der Waals surface area contributed by atoms with Gasteiger partial charge < -0.3 is 20.7 Å². The normalized spacial score (nSPS) is 16.4. The maximum Gasteiger partial charge on any atom is 0.407 e. The lowest BCUT2D eigenvalue weighted by Gasteiger charge is -2.33. The number of ether oxygens (including phenoxy) is 1. The van der Waals surface area contributed by atoms with Crippen molar-refractivity contribution in [3.05, 3.63) is 18.2 Å². The van der Waals surface area contributed by atoms with Gasteiger partial charge in [0, 0.05) is 19.6 Å². The largest absolute Gasteiger partial charge is 0.444 e. The maximum absolute atomic E-state index is 11.7. The molecule has 6 nitrogen and oxygen atoms in total. The highest BCUT2D eigenvalue weighted by Gasteiger charge is 2.22. The fraction of sp³-hybridized carbons (Fsp3) is 0.625. The van der Waals surface area contributed by atoms with Crippen molar-refractivity contribution in [3.8, 4) is 0 Å². The monoisotopic (exact) mass is 306 g/mol. The molecule has 1 amide bonds. The number of hydrogen-bond donors (Lipinski definition) is 2. The van der Waals surface area contributed by atoms with Gasteiger partial charge in [0.25, 0.3) is 0 Å². The van der Waals surface area contributed by atoms with Crippen LogP contribution in [0.1, 0.15) is 33.6 Å². The summed E-state index contributed by atoms with van der Waals surface area (Å²) < 4.78 is 5.25. The Bertz CT molecular complexity index is 505. The number of amides is 1. The molecule has 0 radical (unpaired) electrons. The summed E-state index contributed by atoms with van der Waals surface area (Å²) in [5, 5.41) is 2.86. The van der Waals surface area contributed by atoms with E-state index >= 15 is 0 Å². The van der Waals surface area contributed by atoms with E-state index in [-0.39, 0.29) is 6.09 Å². The Morgan fingerprint density at radius 1 is 1.41 bits per heavy atom. The van der Waals surface area contributed by atoms with Crippen molar-refractivity contribution in [2.24, 2.45) is 5.92 Å². The van der Waals surface area contributed by atoms with Gasteiger partial charge in [0.15, 0.2) is 0 Å². The lowest BCUT2D eigenvalue weighted by atomic mass is 9.97. The molecule has 0 aromatic carbocycles. The molecule has 2 heterocycles. The SMILES string of the molecule is CC(C)(C)OC(=O)NCC1CCN(c2cccc(N)n2)CC1. The highest BCUT2D eigenvalue weighted by molar-refractivity contribution is 5.67. The summed E-state index contributed by atoms with van der Waals surface area (Å²) in [5.74, 6) is 1.95. The zero-order chi connectivity index (χ0) is 16.2. The molecule has 0 aliphatic carbocycles. The van der Waals surface area contributed by atoms with Gasteiger partial charge in [-0.3, -0.25) is 0 Å². The summed E-state index contributed by atoms with van der Waals surface area (Å²) in [7, 11) is 0. The quantitative estimate of drug-likeness (QED) is 0.896. The van der Waals surface area contributed by atoms with Gasteiger partial charge in [-0.1, -0.05) is 6.07 Å². The Labute approximate surface area is 132 Å². The van der Waals surface area contributed by atoms with Gasteiger partial charge in [0.1, 0.15) is 17.2 Å². The van der Waals surface area contributed by atoms with Crippen LogP contribution in [0.5, 0.6) is 0 Å². The second kappa shape index (κ2) is 6.85. The second-order valence-corrected chi connectivity index (χ2v) is 6.73. The summed E-state index contributed by atoms with van der Waals surface area (Å²) in [6.07, 6.45) is 1.70. The maximum atomic E-state index is 11.7. The van der Waals surface area contributed by atoms with Crippen LogP contribution in [-0.2, 0) is 4.74 Å². The Hall–Kier alpha value is -1.98. The fourth-order valence-corrected chi connectivity index (χ4v) is 2.52. The third kappa shape index (κ3) is 5.09. The Morgan fingerprint density at radius 2 is 2.09 bits per heavy atom. The molecule has 122 valence electrons. The minimum Gasteiger partial charge on any atom is -0.444 e. The van der Waals surface area contributed by atoms with Crippen LogP contribution >= 0.6 is 0 Å². The van der Waals surface area contributed by atoms with Crippen molar-refractivity contribution >= 4 is 17.7 Å². The number of alkyl carbamates (subject to hydrolysis) is 1. The zero-order valence-corrected chi connectivity index (χ0v) is 13.6. The number of nitrogens with one attached hydrogen (secondary N) is 1. The molecule has 0 atom stereocenters. The van der Waals surface area contributed by atoms with E-state index in [0.29, 0.717) is 18.3 Å². The van der Waals surface area contributed by atoms with Crippen LogP contribution in [0.2, 0.25) is 0 Å². The molecule has 0 spiro atoms. The van der Waals surface area contributed by atoms with Crippen LogP contribution in [0.4, 0.5) is 16.4 Å². The Balaban J connectivity index is 1.74. The third-order valence-electron chi connectivity index (χ3n) is 3.63. The average Bonchev–Trinajstić information content (AvgIpc) is 2.44. The molecule has 22 heavy (non-hydrogen) atoms. The Kier molecular flexibility index (Phi) is 5.11. The molecule has 1 fully saturated rings. The van der Waals surface area contributed by atoms with Crippen molar-refractivity contribution in [1.82, 2.24) is 10.3 Å². The fourth-order valence-electron chi connectivity index (χ4n) is 2.52. The number of hydrogen-bond acceptors (Lipinski definition) is 5. The van der Waals surface area contributed by atoms with Gasteiger partial charge in [-0.15, -0.1) is 0 Å². The van der Waals surface area contributed by atoms with Crippen LogP contribution in [0.15, 0.2) is 18.2 Å². The van der Waals surface area contributed by atoms with Crippen LogP contribution < -0.4 is 16.0 Å². The number of piperidine rings is 1. The van der Waals surface area contributed by atoms with Crippen molar-refractivity contribution < 1.29 is 9.53 Å². The molecule has 6 heteroatoms. The number of nitrogens with two attached hydrogens (primary N) is 1. The highest BCUT2D eigenvalue weighted by atomic mass is 16.6. The third-order valence-corrected chi connectivity index (χ3v) is 3.63. The van der Waals surface area contributed by atoms with Crippen LogP contribution in [0.3, 0.4) is 0 Å². The van der Waals surface area contributed by atoms with E-state index in [1.807, 2.05) is 32.9 Å². The summed E-state index contributed by atoms with van der Waals surface area (Å²) in [5.41, 5.74) is 5.27. The molecule has 1 aliphatic rings. The summed E-state index contributed by atoms with van der Waals surface area (Å²) in [6.45, 7) is 8.11. The predicted molar refractivity (Wildman–Crippen MR) is 87.8 cm³/mol. The van der Waals surface area contributed by atoms with Crippen molar-refractivity contribution in [3.63, 3.8) is 0 Å². The van der Waals surface area contributed by atoms with Gasteiger partial charge in [-0.2, -0.15) is 0 Å². The zero-order valence-electron chi connectivity index (χ0n) is 13.6. The average molecular weight is 306 g/mol. The standard InChI is InChI=1S/C16H26N4O2/c1-16(2,3)22-15(21)18-11-12-7-9-20(10-8-12)14-6-4-5-13(17)19-14/h4-6,12H,7-11H2,1-3H3,(H2,17,19)(H,18,21). The van der Waals surface area contributed by atoms with Gasteiger partial charge in [0.2, 0.25) is 0 Å². The lowest BCUT2D eigenvalue weighted by Crippen LogP contribution is -2.40. The summed E-state index contributed by atoms with van der Waals surface area (Å²) in [4.78, 5) is 18.2. The number of carbonyl (C=O) groups excluding carboxylic acids is 1. The van der Waals surface area contributed by atoms with Gasteiger partial charge in [-0.25, -0.2) is 9.78 Å². The second-order valence-electron chi connectivity index (χ2n) is 6.73. The summed E-state index contributed by atoms with van der Waals surface area (Å²) >= 11 is 0. The first-order chi connectivity index (χ1) is 10.3. The number of pyridine rings is 1. The number of carbonyl (C=O) groups is 1. The summed E-state index contributed by atoms with van der Waals surface area (Å²) in [6, 6.07) is 5.70. The van der Waals surface area contributed by atoms with E-state index in [0.717, 1.165) is 31.7 Å². The molecule has 1 aromatic heterocycles. The van der Waals surface area contributed by atoms with Crippen LogP contribution in [0.25, 0.3) is 0 Å². The van der Waals surface area contributed by atoms with Crippen LogP contribution in [0, 0.1) is 5.92 Å². The van der Waals surface area contributed by atoms with E-state index in [1.54, 1.807) is 6.07 Å². The molecule has 0 bridgehead atoms. The van der Waals surface area contributed by atoms with Gasteiger partial charge >= 0.3 is 6.09 Å². The van der Waals surface area contributed by atoms with E-state index in [1.165, 1.54) is 0 Å². The smallest absolute Gasteiger partial charge is 0.407 e. The number of nitrogens with zero attached hydrogens (tertiary/aromatic N) is 2. The van der Waals surface area contributed by atoms with Crippen molar-refractivity contribution in [1.29, 1.82) is 0 Å². The minimum atomic E-state index is -0.452. The molecule has 2 rings (SSSR count). The number of aromatic nitrogens is 1. The van der Waals surface area contributed by atoms with Crippen LogP contribution in [-0.4, -0.2) is 36.3 Å². The topological polar surface area (TPSA) is 80.5 Å². The molecule has 0 saturated carbocycles. The van der Waals surface area contributed by atoms with Gasteiger partial charge in [-0.05, 0) is 51.7 Å². The lowest BCUT2D eigenvalue weighted by molar-refractivity contribution is 0.0517. The van der Waals surface area contributed by atoms with Crippen molar-refractivity contribution in [2.75, 3.05) is 30.3 Å². The first kappa shape index (κ1) is 16.4. The predicted octanol–water partition coefficient (Wildman–Crippen LogP) is 2.40. The van der Waals surface area contributed by atoms with E-state index in [9.17, 15) is 4.79 Å². The number of rotatable bonds is 3. The first-order valence-electron chi connectivity index (χ1n) is 7.78. The number of nitrogen functional groups attached to an aromatic ring is 1. The first-order valence-corrected chi connectivity index (χ1v) is 7.78. The molecule has 1 aliphatic heterocycles. The molecule has 1 saturated heterocycles. The van der Waals surface area contributed by atoms with Crippen molar-refractivity contribution in [2.45, 2.75) is 39.2 Å². The molecule has 3 N–H and O–H groups in total. The van der Waals surface area contributed by atoms with Gasteiger partial charge in [0.05, 0.1) is 0 Å². The molecule has 0 unspecified atom stereocenters. The highest BCUT2D eigenvalue weighted by Crippen LogP contribution is 2.22. The van der Waals surface area contributed by atoms with E-state index in [4.69, 9.17) is 10.5 Å². The van der Waals surface area contributed by atoms with E-state index in [2.05, 4.69) is 15.2 Å². The molecule has 1 aromatic rings.